The lowest BCUT2D eigenvalue weighted by Gasteiger charge is -2.47. The summed E-state index contributed by atoms with van der Waals surface area (Å²) >= 11 is 0. The third-order valence-corrected chi connectivity index (χ3v) is 16.1. The van der Waals surface area contributed by atoms with Crippen LogP contribution < -0.4 is 0 Å². The van der Waals surface area contributed by atoms with Crippen LogP contribution in [-0.4, -0.2) is 65.9 Å². The quantitative estimate of drug-likeness (QED) is 0.250. The Labute approximate surface area is 288 Å². The molecule has 6 atom stereocenters. The number of fused-ring (bicyclic) bond motifs is 3. The van der Waals surface area contributed by atoms with Crippen molar-refractivity contribution in [2.75, 3.05) is 12.3 Å². The van der Waals surface area contributed by atoms with E-state index in [-0.39, 0.29) is 65.5 Å². The number of rotatable bonds is 9. The summed E-state index contributed by atoms with van der Waals surface area (Å²) in [4.78, 5) is 70.8. The average Bonchev–Trinajstić information content (AvgIpc) is 3.88. The second-order valence-electron chi connectivity index (χ2n) is 17.4. The Kier molecular flexibility index (Phi) is 10.8. The van der Waals surface area contributed by atoms with Crippen molar-refractivity contribution >= 4 is 38.9 Å². The molecule has 6 aliphatic rings. The topological polar surface area (TPSA) is 123 Å². The molecule has 3 aliphatic carbocycles. The summed E-state index contributed by atoms with van der Waals surface area (Å²) in [5, 5.41) is -0.441. The van der Waals surface area contributed by atoms with Crippen molar-refractivity contribution in [3.8, 4) is 0 Å². The van der Waals surface area contributed by atoms with Gasteiger partial charge in [-0.1, -0.05) is 78.1 Å². The smallest absolute Gasteiger partial charge is 0.226 e. The van der Waals surface area contributed by atoms with Crippen LogP contribution in [0.15, 0.2) is 0 Å². The molecular weight excluding hydrogens is 626 g/mol. The first kappa shape index (κ1) is 35.9. The molecule has 0 spiro atoms. The van der Waals surface area contributed by atoms with Gasteiger partial charge in [0.25, 0.3) is 0 Å². The van der Waals surface area contributed by atoms with Gasteiger partial charge in [0.15, 0.2) is 21.4 Å². The van der Waals surface area contributed by atoms with E-state index in [9.17, 15) is 32.4 Å². The fraction of sp³-hybridized carbons (Fsp3) is 0.872. The first-order chi connectivity index (χ1) is 22.8. The minimum absolute atomic E-state index is 0.00493. The highest BCUT2D eigenvalue weighted by molar-refractivity contribution is 7.93. The molecule has 3 heterocycles. The van der Waals surface area contributed by atoms with Crippen LogP contribution in [0, 0.1) is 40.4 Å². The van der Waals surface area contributed by atoms with Crippen LogP contribution in [0.25, 0.3) is 0 Å². The highest BCUT2D eigenvalue weighted by atomic mass is 32.2. The number of ketones is 4. The predicted octanol–water partition coefficient (Wildman–Crippen LogP) is 6.61. The number of hydrogen-bond acceptors (Lipinski definition) is 7. The molecule has 0 unspecified atom stereocenters. The van der Waals surface area contributed by atoms with Crippen LogP contribution in [0.2, 0.25) is 0 Å². The van der Waals surface area contributed by atoms with Gasteiger partial charge in [-0.15, -0.1) is 0 Å². The van der Waals surface area contributed by atoms with E-state index in [0.717, 1.165) is 89.9 Å². The SMILES string of the molecule is CC1(C)[C@@H]2[C@H]3C(=O)C[C@H](C(=O)C(=O)CC4CC4)CCCCCCCCC[C@H](CC(=O)CC4([C@H]5CCS5(=O)=O)CCCCC4)C(=O)N3C[C@@H]21. The van der Waals surface area contributed by atoms with Gasteiger partial charge in [-0.2, -0.15) is 0 Å². The van der Waals surface area contributed by atoms with E-state index in [4.69, 9.17) is 0 Å². The largest absolute Gasteiger partial charge is 0.332 e. The molecule has 0 bridgehead atoms. The maximum Gasteiger partial charge on any atom is 0.226 e. The van der Waals surface area contributed by atoms with Gasteiger partial charge in [0.1, 0.15) is 5.78 Å². The van der Waals surface area contributed by atoms with Crippen molar-refractivity contribution in [2.24, 2.45) is 40.4 Å². The number of sulfone groups is 1. The summed E-state index contributed by atoms with van der Waals surface area (Å²) in [5.41, 5.74) is -0.587. The van der Waals surface area contributed by atoms with Crippen LogP contribution in [0.4, 0.5) is 0 Å². The van der Waals surface area contributed by atoms with Gasteiger partial charge < -0.3 is 4.90 Å². The fourth-order valence-electron chi connectivity index (χ4n) is 10.4. The summed E-state index contributed by atoms with van der Waals surface area (Å²) in [6, 6.07) is -0.623. The monoisotopic (exact) mass is 685 g/mol. The molecule has 9 heteroatoms. The van der Waals surface area contributed by atoms with Crippen molar-refractivity contribution < 1.29 is 32.4 Å². The summed E-state index contributed by atoms with van der Waals surface area (Å²) in [5.74, 6) is -1.39. The second kappa shape index (κ2) is 14.4. The van der Waals surface area contributed by atoms with Crippen molar-refractivity contribution in [3.05, 3.63) is 0 Å². The van der Waals surface area contributed by atoms with Gasteiger partial charge in [-0.3, -0.25) is 24.0 Å². The normalized spacial score (nSPS) is 35.2. The molecular formula is C39H59NO7S. The van der Waals surface area contributed by atoms with Gasteiger partial charge >= 0.3 is 0 Å². The van der Waals surface area contributed by atoms with Crippen LogP contribution >= 0.6 is 0 Å². The van der Waals surface area contributed by atoms with E-state index in [1.165, 1.54) is 0 Å². The lowest BCUT2D eigenvalue weighted by Crippen LogP contribution is -2.52. The zero-order valence-corrected chi connectivity index (χ0v) is 30.3. The molecule has 48 heavy (non-hydrogen) atoms. The van der Waals surface area contributed by atoms with E-state index in [0.29, 0.717) is 38.1 Å². The molecule has 0 aromatic rings. The molecule has 0 radical (unpaired) electrons. The van der Waals surface area contributed by atoms with Crippen LogP contribution in [0.3, 0.4) is 0 Å². The molecule has 0 aromatic carbocycles. The van der Waals surface area contributed by atoms with Gasteiger partial charge in [0.2, 0.25) is 11.7 Å². The standard InChI is InChI=1S/C39H59NO7S/c1-38(2)30-25-40-35(34(30)38)31(42)23-27(36(44)32(43)21-26-15-16-26)13-9-6-4-3-5-7-10-14-28(37(40)45)22-29(41)24-39(18-11-8-12-19-39)33-17-20-48(33,46)47/h26-28,30,33-35H,3-25H2,1-2H3/t27-,28-,30+,33-,34+,35-/m1/s1. The molecule has 8 nitrogen and oxygen atoms in total. The van der Waals surface area contributed by atoms with Crippen molar-refractivity contribution in [2.45, 2.75) is 160 Å². The molecule has 1 amide bonds. The van der Waals surface area contributed by atoms with Crippen molar-refractivity contribution in [1.82, 2.24) is 4.90 Å². The number of nitrogens with zero attached hydrogens (tertiary/aromatic N) is 1. The molecule has 3 aliphatic heterocycles. The van der Waals surface area contributed by atoms with Crippen molar-refractivity contribution in [1.29, 1.82) is 0 Å². The Bertz CT molecular complexity index is 1370. The number of hydrogen-bond donors (Lipinski definition) is 0. The maximum absolute atomic E-state index is 14.5. The van der Waals surface area contributed by atoms with E-state index >= 15 is 0 Å². The van der Waals surface area contributed by atoms with E-state index in [1.54, 1.807) is 4.90 Å². The summed E-state index contributed by atoms with van der Waals surface area (Å²) in [6.07, 6.45) is 15.5. The summed E-state index contributed by atoms with van der Waals surface area (Å²) in [6.45, 7) is 4.79. The van der Waals surface area contributed by atoms with Crippen LogP contribution in [0.1, 0.15) is 149 Å². The zero-order chi connectivity index (χ0) is 34.3. The summed E-state index contributed by atoms with van der Waals surface area (Å²) in [7, 11) is -3.17. The minimum Gasteiger partial charge on any atom is -0.332 e. The lowest BCUT2D eigenvalue weighted by molar-refractivity contribution is -0.146. The number of carbonyl (C=O) groups is 5. The van der Waals surface area contributed by atoms with Gasteiger partial charge in [-0.05, 0) is 73.5 Å². The first-order valence-corrected chi connectivity index (χ1v) is 21.2. The van der Waals surface area contributed by atoms with Gasteiger partial charge in [0.05, 0.1) is 17.0 Å². The number of carbonyl (C=O) groups excluding carboxylic acids is 5. The maximum atomic E-state index is 14.5. The molecule has 3 saturated carbocycles. The Morgan fingerprint density at radius 1 is 0.792 bits per heavy atom. The average molecular weight is 686 g/mol. The van der Waals surface area contributed by atoms with Crippen LogP contribution in [0.5, 0.6) is 0 Å². The Hall–Kier alpha value is -1.90. The Balaban J connectivity index is 1.21. The number of amides is 1. The van der Waals surface area contributed by atoms with E-state index in [2.05, 4.69) is 13.8 Å². The lowest BCUT2D eigenvalue weighted by atomic mass is 9.67. The molecule has 3 saturated heterocycles. The third kappa shape index (κ3) is 7.56. The first-order valence-electron chi connectivity index (χ1n) is 19.5. The zero-order valence-electron chi connectivity index (χ0n) is 29.5. The van der Waals surface area contributed by atoms with Gasteiger partial charge in [-0.25, -0.2) is 8.42 Å². The number of Topliss-reactive ketones (excluding diaryl/α,β-unsaturated/α-hetero) is 4. The minimum atomic E-state index is -3.17. The van der Waals surface area contributed by atoms with Crippen LogP contribution in [-0.2, 0) is 33.8 Å². The van der Waals surface area contributed by atoms with Crippen molar-refractivity contribution in [3.63, 3.8) is 0 Å². The highest BCUT2D eigenvalue weighted by Gasteiger charge is 2.69. The fourth-order valence-corrected chi connectivity index (χ4v) is 12.4. The van der Waals surface area contributed by atoms with Gasteiger partial charge in [0, 0.05) is 44.1 Å². The Morgan fingerprint density at radius 2 is 1.42 bits per heavy atom. The number of piperidine rings is 1. The molecule has 0 aromatic heterocycles. The molecule has 6 fully saturated rings. The van der Waals surface area contributed by atoms with E-state index in [1.807, 2.05) is 0 Å². The third-order valence-electron chi connectivity index (χ3n) is 13.7. The molecule has 0 N–H and O–H groups in total. The Morgan fingerprint density at radius 3 is 2.02 bits per heavy atom. The highest BCUT2D eigenvalue weighted by Crippen LogP contribution is 2.65. The summed E-state index contributed by atoms with van der Waals surface area (Å²) < 4.78 is 25.6. The molecule has 6 rings (SSSR count). The predicted molar refractivity (Wildman–Crippen MR) is 184 cm³/mol. The van der Waals surface area contributed by atoms with E-state index < -0.39 is 44.2 Å². The molecule has 268 valence electrons. The second-order valence-corrected chi connectivity index (χ2v) is 19.7.